The highest BCUT2D eigenvalue weighted by atomic mass is 32.2. The minimum absolute atomic E-state index is 1.00. The number of hydrogen-bond acceptors (Lipinski definition) is 3. The molecule has 0 aromatic rings. The average Bonchev–Trinajstić information content (AvgIpc) is 1.90. The Balaban J connectivity index is 0.000000180. The zero-order valence-electron chi connectivity index (χ0n) is 5.75. The third-order valence-electron chi connectivity index (χ3n) is 1.08. The van der Waals surface area contributed by atoms with E-state index in [-0.39, 0.29) is 0 Å². The van der Waals surface area contributed by atoms with Crippen molar-refractivity contribution in [3.63, 3.8) is 0 Å². The van der Waals surface area contributed by atoms with Gasteiger partial charge < -0.3 is 9.29 Å². The minimum atomic E-state index is -2.36. The molecular weight excluding hydrogens is 154 g/mol. The normalized spacial score (nSPS) is 20.6. The molecule has 0 aromatic heterocycles. The van der Waals surface area contributed by atoms with Crippen LogP contribution in [0.2, 0.25) is 0 Å². The summed E-state index contributed by atoms with van der Waals surface area (Å²) in [5.74, 6) is 0. The van der Waals surface area contributed by atoms with E-state index < -0.39 is 11.3 Å². The summed E-state index contributed by atoms with van der Waals surface area (Å²) >= 11 is -2.36. The van der Waals surface area contributed by atoms with E-state index in [0.29, 0.717) is 0 Å². The molecule has 0 radical (unpaired) electrons. The van der Waals surface area contributed by atoms with Crippen LogP contribution in [0, 0.1) is 0 Å². The summed E-state index contributed by atoms with van der Waals surface area (Å²) < 4.78 is 22.6. The molecule has 4 nitrogen and oxygen atoms in total. The van der Waals surface area contributed by atoms with Crippen molar-refractivity contribution >= 4 is 11.3 Å². The Kier molecular flexibility index (Phi) is 7.16. The number of rotatable bonds is 0. The molecule has 1 heterocycles. The van der Waals surface area contributed by atoms with Gasteiger partial charge in [0.1, 0.15) is 0 Å². The summed E-state index contributed by atoms with van der Waals surface area (Å²) in [5.41, 5.74) is 0. The third-order valence-corrected chi connectivity index (χ3v) is 1.08. The Morgan fingerprint density at radius 2 is 1.70 bits per heavy atom. The first-order valence-electron chi connectivity index (χ1n) is 3.15. The lowest BCUT2D eigenvalue weighted by atomic mass is 10.2. The standard InChI is InChI=1S/C5H10O.H3NO2S/c1-2-4-6-5-3-1;1-4(2)3/h1-5H2;1H2,(H,2,3)/p-1. The molecule has 5 heteroatoms. The molecule has 0 saturated carbocycles. The van der Waals surface area contributed by atoms with Crippen LogP contribution in [0.4, 0.5) is 0 Å². The molecule has 1 fully saturated rings. The fourth-order valence-electron chi connectivity index (χ4n) is 0.687. The van der Waals surface area contributed by atoms with Crippen LogP contribution in [0.25, 0.3) is 0 Å². The molecule has 0 aliphatic carbocycles. The van der Waals surface area contributed by atoms with Gasteiger partial charge in [-0.3, -0.25) is 9.35 Å². The maximum atomic E-state index is 8.78. The number of hydrogen-bond donors (Lipinski definition) is 1. The number of ether oxygens (including phenoxy) is 1. The molecule has 1 unspecified atom stereocenters. The second-order valence-corrected chi connectivity index (χ2v) is 2.45. The molecule has 0 aromatic carbocycles. The summed E-state index contributed by atoms with van der Waals surface area (Å²) in [5, 5.41) is 4.03. The van der Waals surface area contributed by atoms with E-state index in [4.69, 9.17) is 13.5 Å². The zero-order chi connectivity index (χ0) is 7.82. The summed E-state index contributed by atoms with van der Waals surface area (Å²) in [4.78, 5) is 0. The van der Waals surface area contributed by atoms with E-state index in [1.807, 2.05) is 0 Å². The van der Waals surface area contributed by atoms with E-state index in [0.717, 1.165) is 13.2 Å². The predicted molar refractivity (Wildman–Crippen MR) is 37.8 cm³/mol. The van der Waals surface area contributed by atoms with Crippen LogP contribution in [-0.2, 0) is 16.0 Å². The zero-order valence-corrected chi connectivity index (χ0v) is 6.56. The predicted octanol–water partition coefficient (Wildman–Crippen LogP) is -0.0739. The monoisotopic (exact) mass is 166 g/mol. The van der Waals surface area contributed by atoms with Gasteiger partial charge in [-0.1, -0.05) is 0 Å². The molecule has 1 rings (SSSR count). The van der Waals surface area contributed by atoms with Crippen molar-refractivity contribution in [1.29, 1.82) is 0 Å². The fraction of sp³-hybridized carbons (Fsp3) is 1.00. The summed E-state index contributed by atoms with van der Waals surface area (Å²) in [6, 6.07) is 0. The second-order valence-electron chi connectivity index (χ2n) is 1.93. The van der Waals surface area contributed by atoms with E-state index in [2.05, 4.69) is 5.14 Å². The Bertz CT molecular complexity index is 79.4. The molecule has 1 saturated heterocycles. The quantitative estimate of drug-likeness (QED) is 0.512. The maximum Gasteiger partial charge on any atom is 0.0466 e. The lowest BCUT2D eigenvalue weighted by Gasteiger charge is -2.08. The van der Waals surface area contributed by atoms with E-state index in [1.165, 1.54) is 19.3 Å². The van der Waals surface area contributed by atoms with E-state index in [1.54, 1.807) is 0 Å². The van der Waals surface area contributed by atoms with Gasteiger partial charge in [0.2, 0.25) is 0 Å². The maximum absolute atomic E-state index is 8.78. The van der Waals surface area contributed by atoms with Gasteiger partial charge in [0.25, 0.3) is 0 Å². The number of nitrogens with two attached hydrogens (primary N) is 1. The van der Waals surface area contributed by atoms with Gasteiger partial charge in [0.05, 0.1) is 0 Å². The largest absolute Gasteiger partial charge is 0.760 e. The summed E-state index contributed by atoms with van der Waals surface area (Å²) in [6.07, 6.45) is 3.93. The molecule has 1 aliphatic rings. The van der Waals surface area contributed by atoms with Gasteiger partial charge in [0, 0.05) is 24.5 Å². The van der Waals surface area contributed by atoms with Crippen molar-refractivity contribution in [3.05, 3.63) is 0 Å². The van der Waals surface area contributed by atoms with Crippen LogP contribution >= 0.6 is 0 Å². The van der Waals surface area contributed by atoms with E-state index >= 15 is 0 Å². The van der Waals surface area contributed by atoms with Crippen molar-refractivity contribution < 1.29 is 13.5 Å². The van der Waals surface area contributed by atoms with Crippen molar-refractivity contribution in [2.24, 2.45) is 5.14 Å². The molecule has 2 N–H and O–H groups in total. The van der Waals surface area contributed by atoms with Crippen LogP contribution in [0.5, 0.6) is 0 Å². The molecule has 10 heavy (non-hydrogen) atoms. The summed E-state index contributed by atoms with van der Waals surface area (Å²) in [7, 11) is 0. The fourth-order valence-corrected chi connectivity index (χ4v) is 0.687. The van der Waals surface area contributed by atoms with Crippen LogP contribution in [0.3, 0.4) is 0 Å². The van der Waals surface area contributed by atoms with Gasteiger partial charge in [-0.05, 0) is 19.3 Å². The topological polar surface area (TPSA) is 75.4 Å². The molecule has 0 bridgehead atoms. The van der Waals surface area contributed by atoms with Gasteiger partial charge in [0.15, 0.2) is 0 Å². The molecule has 1 aliphatic heterocycles. The lowest BCUT2D eigenvalue weighted by Crippen LogP contribution is -2.03. The Morgan fingerprint density at radius 3 is 1.80 bits per heavy atom. The Labute approximate surface area is 63.2 Å². The molecular formula is C5H12NO3S-. The van der Waals surface area contributed by atoms with Gasteiger partial charge >= 0.3 is 0 Å². The highest BCUT2D eigenvalue weighted by Gasteiger charge is 1.94. The molecule has 0 amide bonds. The molecule has 62 valence electrons. The van der Waals surface area contributed by atoms with Crippen LogP contribution < -0.4 is 5.14 Å². The minimum Gasteiger partial charge on any atom is -0.760 e. The van der Waals surface area contributed by atoms with Gasteiger partial charge in [-0.2, -0.15) is 0 Å². The average molecular weight is 166 g/mol. The van der Waals surface area contributed by atoms with Crippen molar-refractivity contribution in [2.75, 3.05) is 13.2 Å². The van der Waals surface area contributed by atoms with Crippen molar-refractivity contribution in [3.8, 4) is 0 Å². The first kappa shape index (κ1) is 10.0. The highest BCUT2D eigenvalue weighted by Crippen LogP contribution is 2.02. The highest BCUT2D eigenvalue weighted by molar-refractivity contribution is 7.76. The van der Waals surface area contributed by atoms with Crippen LogP contribution in [-0.4, -0.2) is 22.0 Å². The van der Waals surface area contributed by atoms with Crippen molar-refractivity contribution in [2.45, 2.75) is 19.3 Å². The molecule has 0 spiro atoms. The first-order chi connectivity index (χ1) is 4.73. The summed E-state index contributed by atoms with van der Waals surface area (Å²) in [6.45, 7) is 2.00. The lowest BCUT2D eigenvalue weighted by molar-refractivity contribution is 0.0968. The SMILES string of the molecule is C1CCOCC1.NS(=O)[O-]. The van der Waals surface area contributed by atoms with Crippen LogP contribution in [0.15, 0.2) is 0 Å². The van der Waals surface area contributed by atoms with Gasteiger partial charge in [-0.25, -0.2) is 0 Å². The first-order valence-corrected chi connectivity index (χ1v) is 4.28. The Morgan fingerprint density at radius 1 is 1.30 bits per heavy atom. The second kappa shape index (κ2) is 7.14. The van der Waals surface area contributed by atoms with Gasteiger partial charge in [-0.15, -0.1) is 0 Å². The third kappa shape index (κ3) is 10.9. The molecule has 1 atom stereocenters. The smallest absolute Gasteiger partial charge is 0.0466 e. The van der Waals surface area contributed by atoms with Crippen LogP contribution in [0.1, 0.15) is 19.3 Å². The van der Waals surface area contributed by atoms with E-state index in [9.17, 15) is 0 Å². The van der Waals surface area contributed by atoms with Crippen molar-refractivity contribution in [1.82, 2.24) is 0 Å². The Hall–Kier alpha value is 0.0300.